The highest BCUT2D eigenvalue weighted by molar-refractivity contribution is 6.74. The summed E-state index contributed by atoms with van der Waals surface area (Å²) in [7, 11) is -1.93. The van der Waals surface area contributed by atoms with E-state index in [4.69, 9.17) is 4.43 Å². The Hall–Kier alpha value is -1.52. The van der Waals surface area contributed by atoms with Gasteiger partial charge in [-0.05, 0) is 35.8 Å². The third-order valence-electron chi connectivity index (χ3n) is 4.56. The standard InChI is InChI=1S/C18H25NO2Si/c1-18(2,3)22(4,5)21-17(10-12-20)15-9-8-14-7-6-11-19-16(14)13-15/h6-9,11-13,17H,10H2,1-5H3/t17-/m0/s1. The zero-order valence-corrected chi connectivity index (χ0v) is 15.1. The SMILES string of the molecule is CC(C)(C)[Si](C)(C)O[C@@H](CC=O)c1ccc2cccnc2c1. The molecular weight excluding hydrogens is 290 g/mol. The van der Waals surface area contributed by atoms with E-state index in [1.165, 1.54) is 0 Å². The summed E-state index contributed by atoms with van der Waals surface area (Å²) in [5.74, 6) is 0. The minimum absolute atomic E-state index is 0.114. The number of aldehydes is 1. The molecule has 22 heavy (non-hydrogen) atoms. The van der Waals surface area contributed by atoms with Crippen LogP contribution in [0.3, 0.4) is 0 Å². The summed E-state index contributed by atoms with van der Waals surface area (Å²) in [6.07, 6.45) is 2.92. The number of rotatable bonds is 5. The Kier molecular flexibility index (Phi) is 4.83. The lowest BCUT2D eigenvalue weighted by molar-refractivity contribution is -0.109. The Labute approximate surface area is 133 Å². The summed E-state index contributed by atoms with van der Waals surface area (Å²) in [4.78, 5) is 15.5. The molecule has 1 aromatic heterocycles. The van der Waals surface area contributed by atoms with E-state index in [1.807, 2.05) is 30.3 Å². The molecule has 4 heteroatoms. The van der Waals surface area contributed by atoms with Gasteiger partial charge < -0.3 is 9.22 Å². The predicted molar refractivity (Wildman–Crippen MR) is 93.4 cm³/mol. The number of pyridine rings is 1. The summed E-state index contributed by atoms with van der Waals surface area (Å²) in [5, 5.41) is 1.21. The lowest BCUT2D eigenvalue weighted by Gasteiger charge is -2.39. The normalized spacial score (nSPS) is 14.0. The van der Waals surface area contributed by atoms with E-state index in [2.05, 4.69) is 38.8 Å². The summed E-state index contributed by atoms with van der Waals surface area (Å²) >= 11 is 0. The first-order valence-corrected chi connectivity index (χ1v) is 10.6. The van der Waals surface area contributed by atoms with Crippen LogP contribution >= 0.6 is 0 Å². The summed E-state index contributed by atoms with van der Waals surface area (Å²) in [6, 6.07) is 10.1. The largest absolute Gasteiger partial charge is 0.410 e. The van der Waals surface area contributed by atoms with Crippen LogP contribution in [-0.4, -0.2) is 19.6 Å². The van der Waals surface area contributed by atoms with Crippen molar-refractivity contribution in [3.05, 3.63) is 42.1 Å². The van der Waals surface area contributed by atoms with Crippen LogP contribution in [0, 0.1) is 0 Å². The Bertz CT molecular complexity index is 661. The van der Waals surface area contributed by atoms with Crippen LogP contribution in [0.5, 0.6) is 0 Å². The molecule has 0 aliphatic rings. The zero-order valence-electron chi connectivity index (χ0n) is 14.1. The van der Waals surface area contributed by atoms with Gasteiger partial charge in [0.05, 0.1) is 11.6 Å². The van der Waals surface area contributed by atoms with Crippen molar-refractivity contribution in [1.82, 2.24) is 4.98 Å². The summed E-state index contributed by atoms with van der Waals surface area (Å²) < 4.78 is 6.46. The van der Waals surface area contributed by atoms with Crippen LogP contribution in [-0.2, 0) is 9.22 Å². The number of aromatic nitrogens is 1. The van der Waals surface area contributed by atoms with Gasteiger partial charge in [0, 0.05) is 18.0 Å². The molecule has 0 fully saturated rings. The molecule has 0 unspecified atom stereocenters. The molecule has 0 bridgehead atoms. The van der Waals surface area contributed by atoms with Gasteiger partial charge >= 0.3 is 0 Å². The van der Waals surface area contributed by atoms with E-state index in [-0.39, 0.29) is 11.1 Å². The van der Waals surface area contributed by atoms with E-state index in [1.54, 1.807) is 6.20 Å². The van der Waals surface area contributed by atoms with Gasteiger partial charge in [-0.2, -0.15) is 0 Å². The Balaban J connectivity index is 2.35. The highest BCUT2D eigenvalue weighted by atomic mass is 28.4. The van der Waals surface area contributed by atoms with Crippen LogP contribution < -0.4 is 0 Å². The molecular formula is C18H25NO2Si. The summed E-state index contributed by atoms with van der Waals surface area (Å²) in [6.45, 7) is 11.0. The van der Waals surface area contributed by atoms with Crippen LogP contribution in [0.25, 0.3) is 10.9 Å². The highest BCUT2D eigenvalue weighted by Crippen LogP contribution is 2.40. The molecule has 0 aliphatic heterocycles. The average Bonchev–Trinajstić information content (AvgIpc) is 2.45. The molecule has 0 radical (unpaired) electrons. The number of hydrogen-bond donors (Lipinski definition) is 0. The molecule has 0 aliphatic carbocycles. The second kappa shape index (κ2) is 6.30. The Morgan fingerprint density at radius 3 is 2.64 bits per heavy atom. The van der Waals surface area contributed by atoms with Gasteiger partial charge in [0.2, 0.25) is 0 Å². The first-order chi connectivity index (χ1) is 10.2. The predicted octanol–water partition coefficient (Wildman–Crippen LogP) is 4.89. The van der Waals surface area contributed by atoms with Crippen molar-refractivity contribution in [1.29, 1.82) is 0 Å². The quantitative estimate of drug-likeness (QED) is 0.582. The second-order valence-electron chi connectivity index (χ2n) is 7.22. The maximum Gasteiger partial charge on any atom is 0.192 e. The minimum Gasteiger partial charge on any atom is -0.410 e. The molecule has 0 saturated heterocycles. The maximum absolute atomic E-state index is 11.1. The first kappa shape index (κ1) is 16.8. The molecule has 2 aromatic rings. The molecule has 0 saturated carbocycles. The molecule has 118 valence electrons. The van der Waals surface area contributed by atoms with E-state index < -0.39 is 8.32 Å². The second-order valence-corrected chi connectivity index (χ2v) is 12.0. The molecule has 2 rings (SSSR count). The maximum atomic E-state index is 11.1. The van der Waals surface area contributed by atoms with Crippen LogP contribution in [0.4, 0.5) is 0 Å². The van der Waals surface area contributed by atoms with Gasteiger partial charge in [-0.1, -0.05) is 39.0 Å². The van der Waals surface area contributed by atoms with Gasteiger partial charge in [-0.15, -0.1) is 0 Å². The molecule has 0 spiro atoms. The number of fused-ring (bicyclic) bond motifs is 1. The molecule has 1 heterocycles. The first-order valence-electron chi connectivity index (χ1n) is 7.71. The van der Waals surface area contributed by atoms with Crippen molar-refractivity contribution in [3.63, 3.8) is 0 Å². The Morgan fingerprint density at radius 1 is 1.27 bits per heavy atom. The van der Waals surface area contributed by atoms with Crippen LogP contribution in [0.2, 0.25) is 18.1 Å². The van der Waals surface area contributed by atoms with Crippen molar-refractivity contribution >= 4 is 25.5 Å². The third-order valence-corrected chi connectivity index (χ3v) is 9.04. The smallest absolute Gasteiger partial charge is 0.192 e. The van der Waals surface area contributed by atoms with Crippen LogP contribution in [0.15, 0.2) is 36.5 Å². The van der Waals surface area contributed by atoms with Gasteiger partial charge in [0.1, 0.15) is 6.29 Å². The van der Waals surface area contributed by atoms with Gasteiger partial charge in [-0.25, -0.2) is 0 Å². The number of hydrogen-bond acceptors (Lipinski definition) is 3. The highest BCUT2D eigenvalue weighted by Gasteiger charge is 2.39. The topological polar surface area (TPSA) is 39.2 Å². The molecule has 3 nitrogen and oxygen atoms in total. The Morgan fingerprint density at radius 2 is 2.00 bits per heavy atom. The number of carbonyl (C=O) groups is 1. The number of carbonyl (C=O) groups excluding carboxylic acids is 1. The fourth-order valence-electron chi connectivity index (χ4n) is 2.16. The van der Waals surface area contributed by atoms with Gasteiger partial charge in [-0.3, -0.25) is 4.98 Å². The third kappa shape index (κ3) is 3.62. The van der Waals surface area contributed by atoms with Crippen LogP contribution in [0.1, 0.15) is 38.9 Å². The fraction of sp³-hybridized carbons (Fsp3) is 0.444. The zero-order chi connectivity index (χ0) is 16.4. The summed E-state index contributed by atoms with van der Waals surface area (Å²) in [5.41, 5.74) is 1.97. The van der Waals surface area contributed by atoms with E-state index >= 15 is 0 Å². The van der Waals surface area contributed by atoms with E-state index in [9.17, 15) is 4.79 Å². The molecule has 1 aromatic carbocycles. The molecule has 1 atom stereocenters. The molecule has 0 N–H and O–H groups in total. The fourth-order valence-corrected chi connectivity index (χ4v) is 3.45. The average molecular weight is 315 g/mol. The van der Waals surface area contributed by atoms with Crippen molar-refractivity contribution < 1.29 is 9.22 Å². The van der Waals surface area contributed by atoms with Gasteiger partial charge in [0.15, 0.2) is 8.32 Å². The number of nitrogens with zero attached hydrogens (tertiary/aromatic N) is 1. The van der Waals surface area contributed by atoms with Crippen molar-refractivity contribution in [2.75, 3.05) is 0 Å². The van der Waals surface area contributed by atoms with E-state index in [0.717, 1.165) is 22.8 Å². The van der Waals surface area contributed by atoms with Gasteiger partial charge in [0.25, 0.3) is 0 Å². The van der Waals surface area contributed by atoms with Crippen molar-refractivity contribution in [3.8, 4) is 0 Å². The van der Waals surface area contributed by atoms with E-state index in [0.29, 0.717) is 6.42 Å². The lowest BCUT2D eigenvalue weighted by atomic mass is 10.0. The van der Waals surface area contributed by atoms with Crippen molar-refractivity contribution in [2.24, 2.45) is 0 Å². The number of benzene rings is 1. The molecule has 0 amide bonds. The minimum atomic E-state index is -1.93. The van der Waals surface area contributed by atoms with Crippen molar-refractivity contribution in [2.45, 2.75) is 51.4 Å². The monoisotopic (exact) mass is 315 g/mol. The lowest BCUT2D eigenvalue weighted by Crippen LogP contribution is -2.41.